The summed E-state index contributed by atoms with van der Waals surface area (Å²) in [6, 6.07) is 8.20. The van der Waals surface area contributed by atoms with E-state index in [1.807, 2.05) is 24.3 Å². The lowest BCUT2D eigenvalue weighted by molar-refractivity contribution is 0.0252. The molecule has 100 valence electrons. The summed E-state index contributed by atoms with van der Waals surface area (Å²) >= 11 is 5.85. The van der Waals surface area contributed by atoms with Crippen molar-refractivity contribution in [3.63, 3.8) is 0 Å². The molecule has 0 amide bonds. The van der Waals surface area contributed by atoms with E-state index in [-0.39, 0.29) is 0 Å². The van der Waals surface area contributed by atoms with Crippen LogP contribution in [0.3, 0.4) is 0 Å². The summed E-state index contributed by atoms with van der Waals surface area (Å²) in [5, 5.41) is 14.3. The van der Waals surface area contributed by atoms with Gasteiger partial charge in [-0.2, -0.15) is 0 Å². The van der Waals surface area contributed by atoms with Gasteiger partial charge < -0.3 is 15.2 Å². The smallest absolute Gasteiger partial charge is 0.102 e. The first-order valence-electron chi connectivity index (χ1n) is 6.35. The molecule has 0 radical (unpaired) electrons. The molecule has 0 aliphatic carbocycles. The Morgan fingerprint density at radius 1 is 1.44 bits per heavy atom. The monoisotopic (exact) mass is 269 g/mol. The fourth-order valence-electron chi connectivity index (χ4n) is 2.15. The number of nitrogens with one attached hydrogen (secondary N) is 1. The maximum Gasteiger partial charge on any atom is 0.102 e. The van der Waals surface area contributed by atoms with Crippen LogP contribution >= 0.6 is 11.6 Å². The molecule has 2 rings (SSSR count). The van der Waals surface area contributed by atoms with Crippen LogP contribution in [-0.2, 0) is 11.2 Å². The molecule has 0 bridgehead atoms. The van der Waals surface area contributed by atoms with Crippen molar-refractivity contribution < 1.29 is 9.84 Å². The zero-order valence-corrected chi connectivity index (χ0v) is 11.4. The zero-order valence-electron chi connectivity index (χ0n) is 10.7. The summed E-state index contributed by atoms with van der Waals surface area (Å²) in [5.74, 6) is 0. The minimum atomic E-state index is -0.686. The highest BCUT2D eigenvalue weighted by molar-refractivity contribution is 6.30. The molecule has 1 heterocycles. The molecule has 3 nitrogen and oxygen atoms in total. The minimum absolute atomic E-state index is 0.316. The summed E-state index contributed by atoms with van der Waals surface area (Å²) in [5.41, 5.74) is 0.558. The van der Waals surface area contributed by atoms with Gasteiger partial charge in [0.05, 0.1) is 6.61 Å². The number of aliphatic hydroxyl groups is 1. The highest BCUT2D eigenvalue weighted by atomic mass is 35.5. The quantitative estimate of drug-likeness (QED) is 0.859. The maximum absolute atomic E-state index is 10.1. The van der Waals surface area contributed by atoms with Crippen molar-refractivity contribution in [2.24, 2.45) is 0 Å². The van der Waals surface area contributed by atoms with E-state index in [1.165, 1.54) is 5.56 Å². The molecule has 2 atom stereocenters. The summed E-state index contributed by atoms with van der Waals surface area (Å²) in [7, 11) is 0. The van der Waals surface area contributed by atoms with Crippen LogP contribution in [0.4, 0.5) is 0 Å². The van der Waals surface area contributed by atoms with Crippen LogP contribution in [0.25, 0.3) is 0 Å². The number of benzene rings is 1. The first-order chi connectivity index (χ1) is 8.57. The van der Waals surface area contributed by atoms with Crippen molar-refractivity contribution in [2.75, 3.05) is 19.8 Å². The molecular weight excluding hydrogens is 250 g/mol. The van der Waals surface area contributed by atoms with E-state index in [1.54, 1.807) is 0 Å². The molecule has 2 unspecified atom stereocenters. The number of hydrogen-bond donors (Lipinski definition) is 2. The van der Waals surface area contributed by atoms with E-state index in [9.17, 15) is 5.11 Å². The van der Waals surface area contributed by atoms with E-state index in [0.717, 1.165) is 11.4 Å². The Kier molecular flexibility index (Phi) is 4.62. The Labute approximate surface area is 113 Å². The fraction of sp³-hybridized carbons (Fsp3) is 0.571. The van der Waals surface area contributed by atoms with Crippen LogP contribution in [0.1, 0.15) is 18.9 Å². The Morgan fingerprint density at radius 3 is 2.78 bits per heavy atom. The van der Waals surface area contributed by atoms with Crippen molar-refractivity contribution in [3.05, 3.63) is 34.9 Å². The van der Waals surface area contributed by atoms with Crippen LogP contribution in [0.2, 0.25) is 5.02 Å². The summed E-state index contributed by atoms with van der Waals surface area (Å²) in [4.78, 5) is 0. The van der Waals surface area contributed by atoms with Crippen LogP contribution < -0.4 is 5.32 Å². The Morgan fingerprint density at radius 2 is 2.17 bits per heavy atom. The van der Waals surface area contributed by atoms with Crippen molar-refractivity contribution in [1.29, 1.82) is 0 Å². The normalized spacial score (nSPS) is 25.3. The van der Waals surface area contributed by atoms with Gasteiger partial charge >= 0.3 is 0 Å². The predicted molar refractivity (Wildman–Crippen MR) is 73.0 cm³/mol. The lowest BCUT2D eigenvalue weighted by Gasteiger charge is -2.23. The number of rotatable bonds is 5. The van der Waals surface area contributed by atoms with Crippen LogP contribution in [0.15, 0.2) is 24.3 Å². The van der Waals surface area contributed by atoms with Gasteiger partial charge in [0.1, 0.15) is 5.60 Å². The number of halogens is 1. The Balaban J connectivity index is 1.78. The van der Waals surface area contributed by atoms with Gasteiger partial charge in [0.25, 0.3) is 0 Å². The Bertz CT molecular complexity index is 374. The van der Waals surface area contributed by atoms with E-state index >= 15 is 0 Å². The summed E-state index contributed by atoms with van der Waals surface area (Å²) in [6.07, 6.45) is 1.64. The molecule has 0 aromatic heterocycles. The molecule has 18 heavy (non-hydrogen) atoms. The maximum atomic E-state index is 10.1. The second-order valence-corrected chi connectivity index (χ2v) is 5.58. The molecule has 1 aromatic carbocycles. The molecule has 0 spiro atoms. The van der Waals surface area contributed by atoms with Gasteiger partial charge in [-0.15, -0.1) is 0 Å². The molecule has 1 aliphatic heterocycles. The van der Waals surface area contributed by atoms with E-state index < -0.39 is 5.60 Å². The molecular formula is C14H20ClNO2. The van der Waals surface area contributed by atoms with Crippen molar-refractivity contribution in [3.8, 4) is 0 Å². The highest BCUT2D eigenvalue weighted by Crippen LogP contribution is 2.17. The summed E-state index contributed by atoms with van der Waals surface area (Å²) < 4.78 is 5.22. The van der Waals surface area contributed by atoms with Gasteiger partial charge in [0.15, 0.2) is 0 Å². The predicted octanol–water partition coefficient (Wildman–Crippen LogP) is 2.01. The lowest BCUT2D eigenvalue weighted by atomic mass is 10.0. The van der Waals surface area contributed by atoms with Crippen molar-refractivity contribution >= 4 is 11.6 Å². The second kappa shape index (κ2) is 6.02. The second-order valence-electron chi connectivity index (χ2n) is 5.14. The third kappa shape index (κ3) is 3.95. The van der Waals surface area contributed by atoms with Crippen molar-refractivity contribution in [1.82, 2.24) is 5.32 Å². The standard InChI is InChI=1S/C14H20ClNO2/c1-11(8-12-2-4-13(15)5-3-12)16-9-14(17)6-7-18-10-14/h2-5,11,16-17H,6-10H2,1H3. The van der Waals surface area contributed by atoms with Gasteiger partial charge in [-0.05, 0) is 31.0 Å². The van der Waals surface area contributed by atoms with Crippen LogP contribution in [-0.4, -0.2) is 36.5 Å². The summed E-state index contributed by atoms with van der Waals surface area (Å²) in [6.45, 7) is 3.80. The molecule has 4 heteroatoms. The molecule has 1 saturated heterocycles. The number of ether oxygens (including phenoxy) is 1. The van der Waals surface area contributed by atoms with Gasteiger partial charge in [-0.1, -0.05) is 23.7 Å². The molecule has 2 N–H and O–H groups in total. The van der Waals surface area contributed by atoms with Crippen LogP contribution in [0.5, 0.6) is 0 Å². The minimum Gasteiger partial charge on any atom is -0.386 e. The van der Waals surface area contributed by atoms with E-state index in [0.29, 0.717) is 32.2 Å². The molecule has 1 aliphatic rings. The van der Waals surface area contributed by atoms with Gasteiger partial charge in [0, 0.05) is 30.6 Å². The fourth-order valence-corrected chi connectivity index (χ4v) is 2.27. The number of hydrogen-bond acceptors (Lipinski definition) is 3. The topological polar surface area (TPSA) is 41.5 Å². The molecule has 1 fully saturated rings. The van der Waals surface area contributed by atoms with E-state index in [4.69, 9.17) is 16.3 Å². The van der Waals surface area contributed by atoms with Crippen molar-refractivity contribution in [2.45, 2.75) is 31.4 Å². The third-order valence-corrected chi connectivity index (χ3v) is 3.57. The highest BCUT2D eigenvalue weighted by Gasteiger charge is 2.32. The van der Waals surface area contributed by atoms with Crippen LogP contribution in [0, 0.1) is 0 Å². The first kappa shape index (κ1) is 13.8. The van der Waals surface area contributed by atoms with Gasteiger partial charge in [-0.3, -0.25) is 0 Å². The lowest BCUT2D eigenvalue weighted by Crippen LogP contribution is -2.44. The molecule has 1 aromatic rings. The third-order valence-electron chi connectivity index (χ3n) is 3.32. The average molecular weight is 270 g/mol. The first-order valence-corrected chi connectivity index (χ1v) is 6.73. The average Bonchev–Trinajstić information content (AvgIpc) is 2.78. The Hall–Kier alpha value is -0.610. The van der Waals surface area contributed by atoms with E-state index in [2.05, 4.69) is 12.2 Å². The molecule has 0 saturated carbocycles. The SMILES string of the molecule is CC(Cc1ccc(Cl)cc1)NCC1(O)CCOC1. The zero-order chi connectivity index (χ0) is 13.0. The van der Waals surface area contributed by atoms with Gasteiger partial charge in [-0.25, -0.2) is 0 Å². The van der Waals surface area contributed by atoms with Gasteiger partial charge in [0.2, 0.25) is 0 Å². The largest absolute Gasteiger partial charge is 0.386 e.